The van der Waals surface area contributed by atoms with Crippen LogP contribution in [0.3, 0.4) is 0 Å². The molecule has 0 atom stereocenters. The van der Waals surface area contributed by atoms with E-state index >= 15 is 0 Å². The maximum absolute atomic E-state index is 5.73. The molecule has 6 nitrogen and oxygen atoms in total. The van der Waals surface area contributed by atoms with Crippen molar-refractivity contribution < 1.29 is 4.74 Å². The van der Waals surface area contributed by atoms with Crippen molar-refractivity contribution in [3.05, 3.63) is 30.0 Å². The summed E-state index contributed by atoms with van der Waals surface area (Å²) in [6.45, 7) is 5.47. The van der Waals surface area contributed by atoms with Gasteiger partial charge in [-0.15, -0.1) is 0 Å². The number of hydrogen-bond acceptors (Lipinski definition) is 5. The third-order valence-corrected chi connectivity index (χ3v) is 2.41. The summed E-state index contributed by atoms with van der Waals surface area (Å²) in [6.07, 6.45) is 5.25. The minimum absolute atomic E-state index is 0.580. The zero-order valence-corrected chi connectivity index (χ0v) is 10.8. The lowest BCUT2D eigenvalue weighted by Gasteiger charge is -2.09. The van der Waals surface area contributed by atoms with Gasteiger partial charge in [0.25, 0.3) is 0 Å². The Labute approximate surface area is 106 Å². The number of hydrogen-bond donors (Lipinski definition) is 1. The van der Waals surface area contributed by atoms with Crippen molar-refractivity contribution in [1.82, 2.24) is 25.1 Å². The molecule has 0 aliphatic heterocycles. The summed E-state index contributed by atoms with van der Waals surface area (Å²) in [7, 11) is 1.84. The van der Waals surface area contributed by atoms with Crippen LogP contribution in [-0.4, -0.2) is 26.3 Å². The summed E-state index contributed by atoms with van der Waals surface area (Å²) < 4.78 is 7.42. The Morgan fingerprint density at radius 2 is 2.22 bits per heavy atom. The van der Waals surface area contributed by atoms with Gasteiger partial charge in [0.1, 0.15) is 5.82 Å². The van der Waals surface area contributed by atoms with E-state index in [2.05, 4.69) is 27.3 Å². The molecular weight excluding hydrogens is 230 g/mol. The van der Waals surface area contributed by atoms with Gasteiger partial charge in [0.2, 0.25) is 5.88 Å². The molecule has 2 rings (SSSR count). The molecule has 0 bridgehead atoms. The molecule has 2 heterocycles. The fraction of sp³-hybridized carbons (Fsp3) is 0.417. The van der Waals surface area contributed by atoms with E-state index in [1.165, 1.54) is 0 Å². The topological polar surface area (TPSA) is 64.9 Å². The van der Waals surface area contributed by atoms with Crippen LogP contribution >= 0.6 is 0 Å². The minimum Gasteiger partial charge on any atom is -0.435 e. The van der Waals surface area contributed by atoms with E-state index < -0.39 is 0 Å². The van der Waals surface area contributed by atoms with E-state index in [0.29, 0.717) is 24.0 Å². The maximum Gasteiger partial charge on any atom is 0.227 e. The molecule has 1 N–H and O–H groups in total. The summed E-state index contributed by atoms with van der Waals surface area (Å²) in [5.41, 5.74) is 0.936. The van der Waals surface area contributed by atoms with Gasteiger partial charge < -0.3 is 10.1 Å². The summed E-state index contributed by atoms with van der Waals surface area (Å²) in [4.78, 5) is 8.51. The molecule has 0 saturated carbocycles. The Morgan fingerprint density at radius 3 is 2.89 bits per heavy atom. The highest BCUT2D eigenvalue weighted by molar-refractivity contribution is 5.28. The summed E-state index contributed by atoms with van der Waals surface area (Å²) >= 11 is 0. The molecule has 96 valence electrons. The molecule has 0 aliphatic rings. The predicted molar refractivity (Wildman–Crippen MR) is 67.4 cm³/mol. The molecule has 0 saturated heterocycles. The Morgan fingerprint density at radius 1 is 1.39 bits per heavy atom. The molecule has 0 amide bonds. The summed E-state index contributed by atoms with van der Waals surface area (Å²) in [5.74, 6) is 1.94. The van der Waals surface area contributed by atoms with Gasteiger partial charge in [0.05, 0.1) is 12.4 Å². The lowest BCUT2D eigenvalue weighted by atomic mass is 10.3. The molecule has 0 aromatic carbocycles. The third-order valence-electron chi connectivity index (χ3n) is 2.41. The van der Waals surface area contributed by atoms with Gasteiger partial charge >= 0.3 is 0 Å². The van der Waals surface area contributed by atoms with Crippen LogP contribution in [0.4, 0.5) is 0 Å². The molecule has 0 aliphatic carbocycles. The smallest absolute Gasteiger partial charge is 0.227 e. The molecule has 2 aromatic heterocycles. The highest BCUT2D eigenvalue weighted by Gasteiger charge is 2.09. The largest absolute Gasteiger partial charge is 0.435 e. The minimum atomic E-state index is 0.580. The van der Waals surface area contributed by atoms with Crippen molar-refractivity contribution in [2.45, 2.75) is 20.4 Å². The van der Waals surface area contributed by atoms with Crippen LogP contribution in [0.5, 0.6) is 11.6 Å². The Balaban J connectivity index is 2.21. The highest BCUT2D eigenvalue weighted by atomic mass is 16.5. The zero-order chi connectivity index (χ0) is 13.0. The van der Waals surface area contributed by atoms with E-state index in [1.807, 2.05) is 14.0 Å². The molecule has 0 fully saturated rings. The van der Waals surface area contributed by atoms with E-state index in [4.69, 9.17) is 4.74 Å². The van der Waals surface area contributed by atoms with Crippen LogP contribution in [0.25, 0.3) is 0 Å². The van der Waals surface area contributed by atoms with Gasteiger partial charge in [-0.1, -0.05) is 6.92 Å². The molecule has 18 heavy (non-hydrogen) atoms. The summed E-state index contributed by atoms with van der Waals surface area (Å²) in [5, 5.41) is 7.29. The average molecular weight is 247 g/mol. The van der Waals surface area contributed by atoms with Gasteiger partial charge in [0.15, 0.2) is 5.75 Å². The van der Waals surface area contributed by atoms with Crippen molar-refractivity contribution in [3.8, 4) is 11.6 Å². The lowest BCUT2D eigenvalue weighted by molar-refractivity contribution is 0.449. The van der Waals surface area contributed by atoms with Crippen molar-refractivity contribution in [1.29, 1.82) is 0 Å². The normalized spacial score (nSPS) is 10.6. The van der Waals surface area contributed by atoms with Crippen LogP contribution in [0, 0.1) is 6.92 Å². The van der Waals surface area contributed by atoms with Crippen molar-refractivity contribution >= 4 is 0 Å². The Bertz CT molecular complexity index is 523. The van der Waals surface area contributed by atoms with Gasteiger partial charge in [-0.05, 0) is 13.5 Å². The van der Waals surface area contributed by atoms with Crippen LogP contribution < -0.4 is 10.1 Å². The van der Waals surface area contributed by atoms with Crippen molar-refractivity contribution in [3.63, 3.8) is 0 Å². The van der Waals surface area contributed by atoms with Crippen LogP contribution in [0.2, 0.25) is 0 Å². The highest BCUT2D eigenvalue weighted by Crippen LogP contribution is 2.22. The molecule has 2 aromatic rings. The molecule has 0 spiro atoms. The van der Waals surface area contributed by atoms with Gasteiger partial charge in [-0.25, -0.2) is 4.98 Å². The number of rotatable bonds is 5. The average Bonchev–Trinajstić information content (AvgIpc) is 2.74. The third kappa shape index (κ3) is 3.04. The zero-order valence-electron chi connectivity index (χ0n) is 10.8. The lowest BCUT2D eigenvalue weighted by Crippen LogP contribution is -2.13. The van der Waals surface area contributed by atoms with E-state index in [-0.39, 0.29) is 0 Å². The first kappa shape index (κ1) is 12.5. The van der Waals surface area contributed by atoms with Crippen molar-refractivity contribution in [2.24, 2.45) is 7.05 Å². The van der Waals surface area contributed by atoms with Crippen LogP contribution in [0.15, 0.2) is 18.6 Å². The summed E-state index contributed by atoms with van der Waals surface area (Å²) in [6, 6.07) is 0. The van der Waals surface area contributed by atoms with Crippen molar-refractivity contribution in [2.75, 3.05) is 6.54 Å². The quantitative estimate of drug-likeness (QED) is 0.865. The van der Waals surface area contributed by atoms with Gasteiger partial charge in [-0.2, -0.15) is 10.1 Å². The number of aryl methyl sites for hydroxylation is 2. The molecule has 0 radical (unpaired) electrons. The SMILES string of the molecule is CCNCc1cnc(C)nc1Oc1cnn(C)c1. The fourth-order valence-corrected chi connectivity index (χ4v) is 1.51. The van der Waals surface area contributed by atoms with E-state index in [9.17, 15) is 0 Å². The van der Waals surface area contributed by atoms with Gasteiger partial charge in [-0.3, -0.25) is 4.68 Å². The number of ether oxygens (including phenoxy) is 1. The van der Waals surface area contributed by atoms with Gasteiger partial charge in [0, 0.05) is 25.4 Å². The first-order chi connectivity index (χ1) is 8.69. The fourth-order valence-electron chi connectivity index (χ4n) is 1.51. The number of nitrogens with one attached hydrogen (secondary N) is 1. The first-order valence-corrected chi connectivity index (χ1v) is 5.88. The second-order valence-corrected chi connectivity index (χ2v) is 3.98. The molecule has 6 heteroatoms. The predicted octanol–water partition coefficient (Wildman–Crippen LogP) is 1.42. The van der Waals surface area contributed by atoms with E-state index in [0.717, 1.165) is 12.1 Å². The van der Waals surface area contributed by atoms with E-state index in [1.54, 1.807) is 23.3 Å². The van der Waals surface area contributed by atoms with Crippen LogP contribution in [-0.2, 0) is 13.6 Å². The first-order valence-electron chi connectivity index (χ1n) is 5.88. The Kier molecular flexibility index (Phi) is 3.88. The molecular formula is C12H17N5O. The molecule has 0 unspecified atom stereocenters. The second kappa shape index (κ2) is 5.59. The van der Waals surface area contributed by atoms with Crippen LogP contribution in [0.1, 0.15) is 18.3 Å². The maximum atomic E-state index is 5.73. The number of aromatic nitrogens is 4. The second-order valence-electron chi connectivity index (χ2n) is 3.98. The standard InChI is InChI=1S/C12H17N5O/c1-4-13-5-10-6-14-9(2)16-12(10)18-11-7-15-17(3)8-11/h6-8,13H,4-5H2,1-3H3. The Hall–Kier alpha value is -1.95. The monoisotopic (exact) mass is 247 g/mol. The number of nitrogens with zero attached hydrogens (tertiary/aromatic N) is 4.